The fourth-order valence-corrected chi connectivity index (χ4v) is 2.77. The molecule has 0 bridgehead atoms. The molecule has 1 aromatic carbocycles. The molecule has 3 N–H and O–H groups in total. The van der Waals surface area contributed by atoms with Gasteiger partial charge in [0.15, 0.2) is 0 Å². The minimum atomic E-state index is -0.451. The van der Waals surface area contributed by atoms with E-state index in [2.05, 4.69) is 49.3 Å². The summed E-state index contributed by atoms with van der Waals surface area (Å²) in [4.78, 5) is 0. The zero-order chi connectivity index (χ0) is 15.5. The Morgan fingerprint density at radius 3 is 2.43 bits per heavy atom. The van der Waals surface area contributed by atoms with Gasteiger partial charge in [-0.2, -0.15) is 5.10 Å². The van der Waals surface area contributed by atoms with E-state index in [9.17, 15) is 5.11 Å². The summed E-state index contributed by atoms with van der Waals surface area (Å²) < 4.78 is 1.99. The van der Waals surface area contributed by atoms with Crippen molar-refractivity contribution in [2.24, 2.45) is 5.73 Å². The van der Waals surface area contributed by atoms with Crippen LogP contribution < -0.4 is 5.73 Å². The van der Waals surface area contributed by atoms with Crippen molar-refractivity contribution in [1.29, 1.82) is 0 Å². The van der Waals surface area contributed by atoms with E-state index in [-0.39, 0.29) is 6.61 Å². The summed E-state index contributed by atoms with van der Waals surface area (Å²) in [6.07, 6.45) is 0.692. The van der Waals surface area contributed by atoms with Gasteiger partial charge in [0.2, 0.25) is 0 Å². The highest BCUT2D eigenvalue weighted by molar-refractivity contribution is 5.31. The number of nitrogens with zero attached hydrogens (tertiary/aromatic N) is 2. The molecule has 1 atom stereocenters. The number of aryl methyl sites for hydroxylation is 3. The van der Waals surface area contributed by atoms with Crippen LogP contribution in [0.1, 0.15) is 29.4 Å². The van der Waals surface area contributed by atoms with Gasteiger partial charge >= 0.3 is 0 Å². The summed E-state index contributed by atoms with van der Waals surface area (Å²) >= 11 is 0. The van der Waals surface area contributed by atoms with E-state index in [4.69, 9.17) is 5.73 Å². The first-order valence-electron chi connectivity index (χ1n) is 7.46. The zero-order valence-corrected chi connectivity index (χ0v) is 13.1. The minimum Gasteiger partial charge on any atom is -0.395 e. The molecule has 0 aliphatic carbocycles. The third kappa shape index (κ3) is 3.17. The van der Waals surface area contributed by atoms with E-state index >= 15 is 0 Å². The summed E-state index contributed by atoms with van der Waals surface area (Å²) in [5.41, 5.74) is 10.0. The normalized spacial score (nSPS) is 14.1. The molecule has 114 valence electrons. The molecule has 2 aromatic rings. The molecular weight excluding hydrogens is 262 g/mol. The predicted molar refractivity (Wildman–Crippen MR) is 85.3 cm³/mol. The topological polar surface area (TPSA) is 64.1 Å². The van der Waals surface area contributed by atoms with E-state index < -0.39 is 5.41 Å². The first kappa shape index (κ1) is 15.7. The Hall–Kier alpha value is -1.65. The number of hydrogen-bond donors (Lipinski definition) is 2. The summed E-state index contributed by atoms with van der Waals surface area (Å²) in [5, 5.41) is 14.5. The van der Waals surface area contributed by atoms with E-state index in [1.165, 1.54) is 5.56 Å². The molecule has 4 heteroatoms. The number of nitrogens with two attached hydrogens (primary N) is 1. The molecule has 1 unspecified atom stereocenters. The number of rotatable bonds is 6. The van der Waals surface area contributed by atoms with E-state index in [0.717, 1.165) is 23.5 Å². The molecule has 21 heavy (non-hydrogen) atoms. The number of aromatic nitrogens is 2. The fraction of sp³-hybridized carbons (Fsp3) is 0.471. The van der Waals surface area contributed by atoms with Crippen molar-refractivity contribution in [3.63, 3.8) is 0 Å². The van der Waals surface area contributed by atoms with Gasteiger partial charge in [0.1, 0.15) is 0 Å². The predicted octanol–water partition coefficient (Wildman–Crippen LogP) is 1.95. The average molecular weight is 287 g/mol. The summed E-state index contributed by atoms with van der Waals surface area (Å²) in [6, 6.07) is 10.4. The molecule has 1 aromatic heterocycles. The average Bonchev–Trinajstić information content (AvgIpc) is 2.85. The third-order valence-corrected chi connectivity index (χ3v) is 4.16. The highest BCUT2D eigenvalue weighted by Gasteiger charge is 2.31. The maximum absolute atomic E-state index is 10.0. The van der Waals surface area contributed by atoms with Crippen LogP contribution >= 0.6 is 0 Å². The van der Waals surface area contributed by atoms with Gasteiger partial charge in [-0.25, -0.2) is 0 Å². The number of aliphatic hydroxyl groups is 1. The second kappa shape index (κ2) is 6.41. The van der Waals surface area contributed by atoms with Crippen LogP contribution in [0.2, 0.25) is 0 Å². The maximum Gasteiger partial charge on any atom is 0.0596 e. The highest BCUT2D eigenvalue weighted by atomic mass is 16.3. The van der Waals surface area contributed by atoms with Gasteiger partial charge in [-0.3, -0.25) is 4.68 Å². The van der Waals surface area contributed by atoms with Crippen LogP contribution in [-0.4, -0.2) is 28.0 Å². The number of aliphatic hydroxyl groups excluding tert-OH is 1. The molecule has 0 saturated carbocycles. The molecule has 0 saturated heterocycles. The van der Waals surface area contributed by atoms with E-state index in [1.807, 2.05) is 11.6 Å². The summed E-state index contributed by atoms with van der Waals surface area (Å²) in [6.45, 7) is 7.38. The first-order chi connectivity index (χ1) is 10.0. The molecule has 4 nitrogen and oxygen atoms in total. The van der Waals surface area contributed by atoms with Crippen LogP contribution in [0, 0.1) is 13.8 Å². The largest absolute Gasteiger partial charge is 0.395 e. The summed E-state index contributed by atoms with van der Waals surface area (Å²) in [7, 11) is 0. The minimum absolute atomic E-state index is 0.0283. The molecule has 0 radical (unpaired) electrons. The SMILES string of the molecule is CCn1nc(C)cc1CC(CN)(CO)c1ccc(C)cc1. The van der Waals surface area contributed by atoms with E-state index in [1.54, 1.807) is 0 Å². The quantitative estimate of drug-likeness (QED) is 0.853. The van der Waals surface area contributed by atoms with Crippen LogP contribution in [0.4, 0.5) is 0 Å². The third-order valence-electron chi connectivity index (χ3n) is 4.16. The van der Waals surface area contributed by atoms with Gasteiger partial charge in [0, 0.05) is 30.6 Å². The van der Waals surface area contributed by atoms with Crippen LogP contribution in [-0.2, 0) is 18.4 Å². The Morgan fingerprint density at radius 2 is 1.90 bits per heavy atom. The lowest BCUT2D eigenvalue weighted by Crippen LogP contribution is -2.41. The van der Waals surface area contributed by atoms with Gasteiger partial charge in [0.25, 0.3) is 0 Å². The Kier molecular flexibility index (Phi) is 4.80. The Bertz CT molecular complexity index is 583. The monoisotopic (exact) mass is 287 g/mol. The van der Waals surface area contributed by atoms with Crippen LogP contribution in [0.25, 0.3) is 0 Å². The van der Waals surface area contributed by atoms with Crippen LogP contribution in [0.15, 0.2) is 30.3 Å². The van der Waals surface area contributed by atoms with Gasteiger partial charge < -0.3 is 10.8 Å². The van der Waals surface area contributed by atoms with Crippen molar-refractivity contribution >= 4 is 0 Å². The second-order valence-corrected chi connectivity index (χ2v) is 5.78. The van der Waals surface area contributed by atoms with Crippen molar-refractivity contribution in [1.82, 2.24) is 9.78 Å². The molecular formula is C17H25N3O. The number of benzene rings is 1. The van der Waals surface area contributed by atoms with Crippen LogP contribution in [0.3, 0.4) is 0 Å². The van der Waals surface area contributed by atoms with Crippen molar-refractivity contribution < 1.29 is 5.11 Å². The molecule has 1 heterocycles. The Balaban J connectivity index is 2.40. The maximum atomic E-state index is 10.0. The van der Waals surface area contributed by atoms with Crippen molar-refractivity contribution in [2.75, 3.05) is 13.2 Å². The van der Waals surface area contributed by atoms with Gasteiger partial charge in [-0.15, -0.1) is 0 Å². The Morgan fingerprint density at radius 1 is 1.24 bits per heavy atom. The summed E-state index contributed by atoms with van der Waals surface area (Å²) in [5.74, 6) is 0. The smallest absolute Gasteiger partial charge is 0.0596 e. The standard InChI is InChI=1S/C17H25N3O/c1-4-20-16(9-14(3)19-20)10-17(11-18,12-21)15-7-5-13(2)6-8-15/h5-9,21H,4,10-12,18H2,1-3H3. The molecule has 0 aliphatic heterocycles. The van der Waals surface area contributed by atoms with Crippen molar-refractivity contribution in [3.8, 4) is 0 Å². The molecule has 0 spiro atoms. The number of hydrogen-bond acceptors (Lipinski definition) is 3. The molecule has 2 rings (SSSR count). The lowest BCUT2D eigenvalue weighted by Gasteiger charge is -2.31. The van der Waals surface area contributed by atoms with Crippen LogP contribution in [0.5, 0.6) is 0 Å². The van der Waals surface area contributed by atoms with Crippen molar-refractivity contribution in [2.45, 2.75) is 39.2 Å². The molecule has 0 amide bonds. The van der Waals surface area contributed by atoms with Crippen molar-refractivity contribution in [3.05, 3.63) is 52.8 Å². The van der Waals surface area contributed by atoms with Gasteiger partial charge in [-0.05, 0) is 32.4 Å². The van der Waals surface area contributed by atoms with Gasteiger partial charge in [0.05, 0.1) is 12.3 Å². The van der Waals surface area contributed by atoms with E-state index in [0.29, 0.717) is 13.0 Å². The Labute approximate surface area is 126 Å². The molecule has 0 fully saturated rings. The highest BCUT2D eigenvalue weighted by Crippen LogP contribution is 2.28. The lowest BCUT2D eigenvalue weighted by atomic mass is 9.77. The lowest BCUT2D eigenvalue weighted by molar-refractivity contribution is 0.193. The fourth-order valence-electron chi connectivity index (χ4n) is 2.77. The first-order valence-corrected chi connectivity index (χ1v) is 7.46. The van der Waals surface area contributed by atoms with Gasteiger partial charge in [-0.1, -0.05) is 29.8 Å². The molecule has 0 aliphatic rings. The second-order valence-electron chi connectivity index (χ2n) is 5.78. The zero-order valence-electron chi connectivity index (χ0n) is 13.1.